The zero-order valence-corrected chi connectivity index (χ0v) is 5.99. The average Bonchev–Trinajstić information content (AvgIpc) is 1.66. The van der Waals surface area contributed by atoms with E-state index in [4.69, 9.17) is 0 Å². The van der Waals surface area contributed by atoms with Crippen molar-refractivity contribution in [3.8, 4) is 11.8 Å². The molecule has 0 aliphatic rings. The zero-order valence-electron chi connectivity index (χ0n) is 5.99. The summed E-state index contributed by atoms with van der Waals surface area (Å²) in [6.45, 7) is 6.45. The Labute approximate surface area is 52.3 Å². The third-order valence-electron chi connectivity index (χ3n) is 0.812. The Bertz CT molecular complexity index is 90.3. The first-order valence-corrected chi connectivity index (χ1v) is 3.23. The molecule has 0 saturated carbocycles. The second-order valence-corrected chi connectivity index (χ2v) is 2.31. The van der Waals surface area contributed by atoms with Gasteiger partial charge < -0.3 is 0 Å². The number of rotatable bonds is 1. The van der Waals surface area contributed by atoms with Gasteiger partial charge in [-0.15, -0.1) is 11.8 Å². The van der Waals surface area contributed by atoms with Crippen LogP contribution >= 0.6 is 0 Å². The number of hydrogen-bond donors (Lipinski definition) is 0. The summed E-state index contributed by atoms with van der Waals surface area (Å²) in [7, 11) is 0. The Hall–Kier alpha value is -0.440. The Morgan fingerprint density at radius 1 is 1.25 bits per heavy atom. The summed E-state index contributed by atoms with van der Waals surface area (Å²) in [6, 6.07) is 0. The van der Waals surface area contributed by atoms with Crippen molar-refractivity contribution in [3.63, 3.8) is 0 Å². The predicted molar refractivity (Wildman–Crippen MR) is 37.5 cm³/mol. The van der Waals surface area contributed by atoms with E-state index in [1.807, 2.05) is 0 Å². The minimum Gasteiger partial charge on any atom is -0.104 e. The van der Waals surface area contributed by atoms with E-state index in [1.54, 1.807) is 0 Å². The highest BCUT2D eigenvalue weighted by atomic mass is 13.9. The minimum atomic E-state index is 0.731. The molecule has 0 aromatic carbocycles. The van der Waals surface area contributed by atoms with E-state index in [9.17, 15) is 0 Å². The lowest BCUT2D eigenvalue weighted by atomic mass is 10.1. The molecule has 0 heterocycles. The third kappa shape index (κ3) is 5.56. The average molecular weight is 110 g/mol. The minimum absolute atomic E-state index is 0.731. The van der Waals surface area contributed by atoms with Crippen LogP contribution < -0.4 is 0 Å². The van der Waals surface area contributed by atoms with Gasteiger partial charge in [-0.2, -0.15) is 0 Å². The summed E-state index contributed by atoms with van der Waals surface area (Å²) in [6.07, 6.45) is 2.04. The molecular formula is C8H14. The summed E-state index contributed by atoms with van der Waals surface area (Å²) >= 11 is 0. The van der Waals surface area contributed by atoms with Gasteiger partial charge in [0.1, 0.15) is 0 Å². The standard InChI is InChI=1S/C8H14/c1-4-5-6-7-8(2)3/h8H,4,7H2,1-3H3. The highest BCUT2D eigenvalue weighted by Gasteiger charge is 1.84. The molecule has 0 spiro atoms. The van der Waals surface area contributed by atoms with Gasteiger partial charge in [-0.1, -0.05) is 20.8 Å². The topological polar surface area (TPSA) is 0 Å². The lowest BCUT2D eigenvalue weighted by molar-refractivity contribution is 0.675. The molecule has 0 saturated heterocycles. The second-order valence-electron chi connectivity index (χ2n) is 2.31. The van der Waals surface area contributed by atoms with Crippen LogP contribution in [0.2, 0.25) is 0 Å². The molecule has 0 atom stereocenters. The van der Waals surface area contributed by atoms with Crippen LogP contribution in [0.1, 0.15) is 33.6 Å². The Morgan fingerprint density at radius 2 is 1.88 bits per heavy atom. The van der Waals surface area contributed by atoms with Crippen LogP contribution in [0, 0.1) is 17.8 Å². The van der Waals surface area contributed by atoms with Crippen LogP contribution in [0.3, 0.4) is 0 Å². The Balaban J connectivity index is 3.15. The normalized spacial score (nSPS) is 8.50. The molecule has 0 amide bonds. The van der Waals surface area contributed by atoms with Gasteiger partial charge in [0.25, 0.3) is 0 Å². The van der Waals surface area contributed by atoms with Crippen LogP contribution in [0.5, 0.6) is 0 Å². The van der Waals surface area contributed by atoms with Gasteiger partial charge >= 0.3 is 0 Å². The van der Waals surface area contributed by atoms with Crippen molar-refractivity contribution in [2.45, 2.75) is 33.6 Å². The first-order valence-electron chi connectivity index (χ1n) is 3.23. The molecule has 46 valence electrons. The van der Waals surface area contributed by atoms with Gasteiger partial charge in [0, 0.05) is 12.8 Å². The van der Waals surface area contributed by atoms with Crippen molar-refractivity contribution in [2.75, 3.05) is 0 Å². The van der Waals surface area contributed by atoms with Crippen LogP contribution in [-0.2, 0) is 0 Å². The van der Waals surface area contributed by atoms with Gasteiger partial charge in [0.2, 0.25) is 0 Å². The van der Waals surface area contributed by atoms with Gasteiger partial charge in [0.15, 0.2) is 0 Å². The third-order valence-corrected chi connectivity index (χ3v) is 0.812. The van der Waals surface area contributed by atoms with Gasteiger partial charge in [-0.3, -0.25) is 0 Å². The van der Waals surface area contributed by atoms with E-state index >= 15 is 0 Å². The molecule has 0 N–H and O–H groups in total. The summed E-state index contributed by atoms with van der Waals surface area (Å²) in [5, 5.41) is 0. The lowest BCUT2D eigenvalue weighted by Crippen LogP contribution is -1.80. The van der Waals surface area contributed by atoms with Crippen LogP contribution in [0.15, 0.2) is 0 Å². The monoisotopic (exact) mass is 110 g/mol. The summed E-state index contributed by atoms with van der Waals surface area (Å²) in [4.78, 5) is 0. The van der Waals surface area contributed by atoms with Crippen molar-refractivity contribution >= 4 is 0 Å². The summed E-state index contributed by atoms with van der Waals surface area (Å²) in [5.74, 6) is 6.84. The molecule has 0 bridgehead atoms. The van der Waals surface area contributed by atoms with Crippen molar-refractivity contribution in [3.05, 3.63) is 0 Å². The maximum absolute atomic E-state index is 3.08. The van der Waals surface area contributed by atoms with Crippen molar-refractivity contribution in [2.24, 2.45) is 5.92 Å². The fourth-order valence-electron chi connectivity index (χ4n) is 0.401. The fraction of sp³-hybridized carbons (Fsp3) is 0.750. The molecule has 0 unspecified atom stereocenters. The predicted octanol–water partition coefficient (Wildman–Crippen LogP) is 2.45. The highest BCUT2D eigenvalue weighted by molar-refractivity contribution is 4.97. The number of hydrogen-bond acceptors (Lipinski definition) is 0. The molecule has 8 heavy (non-hydrogen) atoms. The largest absolute Gasteiger partial charge is 0.104 e. The highest BCUT2D eigenvalue weighted by Crippen LogP contribution is 1.95. The molecule has 0 aromatic rings. The Kier molecular flexibility index (Phi) is 4.45. The fourth-order valence-corrected chi connectivity index (χ4v) is 0.401. The van der Waals surface area contributed by atoms with E-state index in [1.165, 1.54) is 0 Å². The van der Waals surface area contributed by atoms with Crippen molar-refractivity contribution < 1.29 is 0 Å². The van der Waals surface area contributed by atoms with Crippen molar-refractivity contribution in [1.29, 1.82) is 0 Å². The maximum atomic E-state index is 3.08. The Morgan fingerprint density at radius 3 is 2.25 bits per heavy atom. The molecule has 0 rings (SSSR count). The van der Waals surface area contributed by atoms with E-state index in [2.05, 4.69) is 32.6 Å². The molecule has 0 radical (unpaired) electrons. The van der Waals surface area contributed by atoms with Crippen LogP contribution in [0.4, 0.5) is 0 Å². The lowest BCUT2D eigenvalue weighted by Gasteiger charge is -1.91. The molecule has 0 fully saturated rings. The van der Waals surface area contributed by atoms with E-state index < -0.39 is 0 Å². The molecule has 0 nitrogen and oxygen atoms in total. The van der Waals surface area contributed by atoms with Gasteiger partial charge in [-0.05, 0) is 5.92 Å². The summed E-state index contributed by atoms with van der Waals surface area (Å²) < 4.78 is 0. The van der Waals surface area contributed by atoms with E-state index in [-0.39, 0.29) is 0 Å². The molecule has 0 heteroatoms. The first kappa shape index (κ1) is 7.56. The van der Waals surface area contributed by atoms with Gasteiger partial charge in [0.05, 0.1) is 0 Å². The quantitative estimate of drug-likeness (QED) is 0.455. The van der Waals surface area contributed by atoms with Crippen LogP contribution in [-0.4, -0.2) is 0 Å². The molecular weight excluding hydrogens is 96.1 g/mol. The molecule has 0 aromatic heterocycles. The molecule has 0 aliphatic carbocycles. The van der Waals surface area contributed by atoms with Crippen molar-refractivity contribution in [1.82, 2.24) is 0 Å². The summed E-state index contributed by atoms with van der Waals surface area (Å²) in [5.41, 5.74) is 0. The molecule has 0 aliphatic heterocycles. The first-order chi connectivity index (χ1) is 3.77. The van der Waals surface area contributed by atoms with E-state index in [0.717, 1.165) is 18.8 Å². The maximum Gasteiger partial charge on any atom is 0.0112 e. The van der Waals surface area contributed by atoms with Crippen LogP contribution in [0.25, 0.3) is 0 Å². The second kappa shape index (κ2) is 4.71. The smallest absolute Gasteiger partial charge is 0.0112 e. The zero-order chi connectivity index (χ0) is 6.41. The SMILES string of the molecule is CCC#CCC(C)C. The van der Waals surface area contributed by atoms with Gasteiger partial charge in [-0.25, -0.2) is 0 Å². The van der Waals surface area contributed by atoms with E-state index in [0.29, 0.717) is 0 Å².